The molecule has 0 amide bonds. The molecule has 1 aromatic carbocycles. The molecule has 0 heterocycles. The van der Waals surface area contributed by atoms with E-state index >= 15 is 0 Å². The zero-order valence-electron chi connectivity index (χ0n) is 12.3. The average Bonchev–Trinajstić information content (AvgIpc) is 2.36. The van der Waals surface area contributed by atoms with E-state index in [9.17, 15) is 4.79 Å². The molecular formula is C15H21BrO4. The molecule has 1 N–H and O–H groups in total. The average molecular weight is 345 g/mol. The normalized spacial score (nSPS) is 10.7. The van der Waals surface area contributed by atoms with E-state index in [1.165, 1.54) is 0 Å². The maximum absolute atomic E-state index is 10.6. The number of benzene rings is 1. The predicted molar refractivity (Wildman–Crippen MR) is 81.9 cm³/mol. The largest absolute Gasteiger partial charge is 0.493 e. The van der Waals surface area contributed by atoms with Crippen LogP contribution in [-0.4, -0.2) is 25.3 Å². The molecule has 20 heavy (non-hydrogen) atoms. The van der Waals surface area contributed by atoms with Crippen LogP contribution in [-0.2, 0) is 11.2 Å². The molecule has 0 aliphatic rings. The summed E-state index contributed by atoms with van der Waals surface area (Å²) in [5, 5.41) is 8.75. The third-order valence-corrected chi connectivity index (χ3v) is 3.73. The number of aryl methyl sites for hydroxylation is 1. The minimum atomic E-state index is -0.768. The molecule has 0 atom stereocenters. The van der Waals surface area contributed by atoms with Crippen molar-refractivity contribution < 1.29 is 19.4 Å². The highest BCUT2D eigenvalue weighted by molar-refractivity contribution is 9.10. The summed E-state index contributed by atoms with van der Waals surface area (Å²) in [7, 11) is 3.23. The molecule has 5 heteroatoms. The molecule has 0 aliphatic heterocycles. The lowest BCUT2D eigenvalue weighted by molar-refractivity contribution is -0.137. The van der Waals surface area contributed by atoms with Gasteiger partial charge in [-0.05, 0) is 46.3 Å². The molecule has 4 nitrogen and oxygen atoms in total. The number of methoxy groups -OCH3 is 2. The van der Waals surface area contributed by atoms with Gasteiger partial charge in [-0.2, -0.15) is 0 Å². The van der Waals surface area contributed by atoms with Crippen LogP contribution in [0.4, 0.5) is 0 Å². The second-order valence-corrected chi connectivity index (χ2v) is 5.75. The van der Waals surface area contributed by atoms with Gasteiger partial charge in [-0.25, -0.2) is 0 Å². The van der Waals surface area contributed by atoms with E-state index < -0.39 is 5.97 Å². The minimum Gasteiger partial charge on any atom is -0.493 e. The number of carboxylic acid groups (broad SMARTS) is 1. The second kappa shape index (κ2) is 7.53. The Labute approximate surface area is 128 Å². The van der Waals surface area contributed by atoms with Crippen LogP contribution in [0.1, 0.15) is 43.7 Å². The van der Waals surface area contributed by atoms with Crippen LogP contribution in [0, 0.1) is 0 Å². The zero-order valence-corrected chi connectivity index (χ0v) is 13.9. The Morgan fingerprint density at radius 1 is 1.30 bits per heavy atom. The smallest absolute Gasteiger partial charge is 0.303 e. The summed E-state index contributed by atoms with van der Waals surface area (Å²) in [5.41, 5.74) is 2.18. The third kappa shape index (κ3) is 3.88. The standard InChI is InChI=1S/C15H21BrO4/c1-9(2)13-10(6-5-7-12(17)18)8-11(16)14(19-3)15(13)20-4/h8-9H,5-7H2,1-4H3,(H,17,18). The summed E-state index contributed by atoms with van der Waals surface area (Å²) in [6.07, 6.45) is 1.49. The van der Waals surface area contributed by atoms with Gasteiger partial charge in [0, 0.05) is 12.0 Å². The SMILES string of the molecule is COc1c(Br)cc(CCCC(=O)O)c(C(C)C)c1OC. The van der Waals surface area contributed by atoms with Gasteiger partial charge in [0.1, 0.15) is 0 Å². The van der Waals surface area contributed by atoms with Crippen molar-refractivity contribution in [3.05, 3.63) is 21.7 Å². The summed E-state index contributed by atoms with van der Waals surface area (Å²) in [4.78, 5) is 10.6. The Hall–Kier alpha value is -1.23. The molecule has 0 fully saturated rings. The second-order valence-electron chi connectivity index (χ2n) is 4.90. The Kier molecular flexibility index (Phi) is 6.33. The lowest BCUT2D eigenvalue weighted by Gasteiger charge is -2.20. The Balaban J connectivity index is 3.21. The number of hydrogen-bond donors (Lipinski definition) is 1. The van der Waals surface area contributed by atoms with Crippen molar-refractivity contribution in [2.75, 3.05) is 14.2 Å². The first-order valence-electron chi connectivity index (χ1n) is 6.57. The van der Waals surface area contributed by atoms with Crippen molar-refractivity contribution in [3.8, 4) is 11.5 Å². The topological polar surface area (TPSA) is 55.8 Å². The van der Waals surface area contributed by atoms with E-state index in [-0.39, 0.29) is 12.3 Å². The number of rotatable bonds is 7. The number of hydrogen-bond acceptors (Lipinski definition) is 3. The maximum Gasteiger partial charge on any atom is 0.303 e. The summed E-state index contributed by atoms with van der Waals surface area (Å²) < 4.78 is 11.7. The maximum atomic E-state index is 10.6. The van der Waals surface area contributed by atoms with E-state index in [0.29, 0.717) is 18.6 Å². The Bertz CT molecular complexity index is 483. The molecule has 0 radical (unpaired) electrons. The lowest BCUT2D eigenvalue weighted by atomic mass is 9.92. The highest BCUT2D eigenvalue weighted by atomic mass is 79.9. The van der Waals surface area contributed by atoms with Crippen molar-refractivity contribution in [1.82, 2.24) is 0 Å². The number of aliphatic carboxylic acids is 1. The lowest BCUT2D eigenvalue weighted by Crippen LogP contribution is -2.05. The Morgan fingerprint density at radius 3 is 2.35 bits per heavy atom. The molecule has 112 valence electrons. The van der Waals surface area contributed by atoms with Gasteiger partial charge in [0.2, 0.25) is 0 Å². The number of halogens is 1. The monoisotopic (exact) mass is 344 g/mol. The van der Waals surface area contributed by atoms with Gasteiger partial charge in [-0.3, -0.25) is 4.79 Å². The van der Waals surface area contributed by atoms with Crippen LogP contribution in [0.15, 0.2) is 10.5 Å². The van der Waals surface area contributed by atoms with Crippen molar-refractivity contribution in [2.24, 2.45) is 0 Å². The van der Waals surface area contributed by atoms with Gasteiger partial charge in [0.15, 0.2) is 11.5 Å². The quantitative estimate of drug-likeness (QED) is 0.812. The van der Waals surface area contributed by atoms with Crippen LogP contribution >= 0.6 is 15.9 Å². The molecule has 0 saturated heterocycles. The van der Waals surface area contributed by atoms with Crippen LogP contribution in [0.2, 0.25) is 0 Å². The summed E-state index contributed by atoms with van der Waals surface area (Å²) in [6, 6.07) is 2.00. The first kappa shape index (κ1) is 16.8. The number of ether oxygens (including phenoxy) is 2. The zero-order chi connectivity index (χ0) is 15.3. The third-order valence-electron chi connectivity index (χ3n) is 3.14. The van der Waals surface area contributed by atoms with Crippen molar-refractivity contribution >= 4 is 21.9 Å². The van der Waals surface area contributed by atoms with Crippen molar-refractivity contribution in [1.29, 1.82) is 0 Å². The van der Waals surface area contributed by atoms with Gasteiger partial charge in [-0.15, -0.1) is 0 Å². The van der Waals surface area contributed by atoms with Crippen LogP contribution in [0.25, 0.3) is 0 Å². The predicted octanol–water partition coefficient (Wildman–Crippen LogP) is 4.00. The highest BCUT2D eigenvalue weighted by Crippen LogP contribution is 2.43. The van der Waals surface area contributed by atoms with Gasteiger partial charge < -0.3 is 14.6 Å². The molecule has 0 aliphatic carbocycles. The molecule has 0 aromatic heterocycles. The van der Waals surface area contributed by atoms with Crippen LogP contribution in [0.3, 0.4) is 0 Å². The Morgan fingerprint density at radius 2 is 1.90 bits per heavy atom. The van der Waals surface area contributed by atoms with Crippen LogP contribution in [0.5, 0.6) is 11.5 Å². The molecule has 1 aromatic rings. The van der Waals surface area contributed by atoms with E-state index in [1.54, 1.807) is 14.2 Å². The number of carboxylic acids is 1. The van der Waals surface area contributed by atoms with E-state index in [4.69, 9.17) is 14.6 Å². The van der Waals surface area contributed by atoms with Gasteiger partial charge in [0.25, 0.3) is 0 Å². The molecule has 0 bridgehead atoms. The first-order chi connectivity index (χ1) is 9.42. The van der Waals surface area contributed by atoms with Crippen molar-refractivity contribution in [3.63, 3.8) is 0 Å². The summed E-state index contributed by atoms with van der Waals surface area (Å²) in [6.45, 7) is 4.18. The van der Waals surface area contributed by atoms with Gasteiger partial charge in [-0.1, -0.05) is 13.8 Å². The minimum absolute atomic E-state index is 0.170. The molecular weight excluding hydrogens is 324 g/mol. The van der Waals surface area contributed by atoms with Crippen molar-refractivity contribution in [2.45, 2.75) is 39.0 Å². The van der Waals surface area contributed by atoms with E-state index in [2.05, 4.69) is 29.8 Å². The highest BCUT2D eigenvalue weighted by Gasteiger charge is 2.20. The van der Waals surface area contributed by atoms with E-state index in [1.807, 2.05) is 6.07 Å². The molecule has 0 saturated carbocycles. The molecule has 0 unspecified atom stereocenters. The van der Waals surface area contributed by atoms with E-state index in [0.717, 1.165) is 21.3 Å². The fraction of sp³-hybridized carbons (Fsp3) is 0.533. The molecule has 1 rings (SSSR count). The van der Waals surface area contributed by atoms with Gasteiger partial charge >= 0.3 is 5.97 Å². The first-order valence-corrected chi connectivity index (χ1v) is 7.36. The molecule has 0 spiro atoms. The fourth-order valence-corrected chi connectivity index (χ4v) is 2.95. The van der Waals surface area contributed by atoms with Crippen LogP contribution < -0.4 is 9.47 Å². The summed E-state index contributed by atoms with van der Waals surface area (Å²) in [5.74, 6) is 0.905. The number of carbonyl (C=O) groups is 1. The van der Waals surface area contributed by atoms with Gasteiger partial charge in [0.05, 0.1) is 18.7 Å². The fourth-order valence-electron chi connectivity index (χ4n) is 2.34. The summed E-state index contributed by atoms with van der Waals surface area (Å²) >= 11 is 3.48.